The standard InChI is InChI=1S/C41H43FN4O7/c1-41(2,3)53-40(48)45-21-25-18-32(45)37(25)46-26(13-14-33(47)50-5)19-31-38(46)30-17-24(11-9-15-43)34(35(42)36(30)44-39(31)51-6)29-20-27(52-22-49-4)16-23-10-7-8-12-28(23)29/h7-8,10,12,16-17,19-20,25,32,37H,9,11,13-14,18,21-22H2,1-6H3/t25-,32-,37+/m1/s1. The minimum Gasteiger partial charge on any atom is -0.480 e. The summed E-state index contributed by atoms with van der Waals surface area (Å²) in [5, 5.41) is 12.6. The molecule has 53 heavy (non-hydrogen) atoms. The van der Waals surface area contributed by atoms with Crippen molar-refractivity contribution in [1.29, 1.82) is 5.26 Å². The molecular formula is C41H43FN4O7. The van der Waals surface area contributed by atoms with E-state index in [1.807, 2.05) is 63.2 Å². The van der Waals surface area contributed by atoms with Crippen molar-refractivity contribution in [3.05, 3.63) is 65.6 Å². The molecule has 0 N–H and O–H groups in total. The van der Waals surface area contributed by atoms with Crippen LogP contribution in [0.3, 0.4) is 0 Å². The van der Waals surface area contributed by atoms with Gasteiger partial charge in [-0.3, -0.25) is 4.79 Å². The number of nitrogens with zero attached hydrogens (tertiary/aromatic N) is 4. The Bertz CT molecular complexity index is 2290. The van der Waals surface area contributed by atoms with Crippen molar-refractivity contribution in [2.75, 3.05) is 34.7 Å². The second kappa shape index (κ2) is 14.2. The van der Waals surface area contributed by atoms with Crippen LogP contribution in [0.4, 0.5) is 9.18 Å². The van der Waals surface area contributed by atoms with E-state index >= 15 is 4.39 Å². The molecule has 3 aliphatic rings. The summed E-state index contributed by atoms with van der Waals surface area (Å²) in [6.45, 7) is 6.06. The molecule has 276 valence electrons. The molecule has 12 heteroatoms. The number of pyridine rings is 1. The van der Waals surface area contributed by atoms with Gasteiger partial charge >= 0.3 is 12.1 Å². The smallest absolute Gasteiger partial charge is 0.410 e. The van der Waals surface area contributed by atoms with E-state index in [1.54, 1.807) is 11.0 Å². The number of rotatable bonds is 11. The molecule has 2 bridgehead atoms. The van der Waals surface area contributed by atoms with Crippen LogP contribution >= 0.6 is 0 Å². The average molecular weight is 723 g/mol. The predicted octanol–water partition coefficient (Wildman–Crippen LogP) is 7.88. The number of halogens is 1. The predicted molar refractivity (Wildman–Crippen MR) is 197 cm³/mol. The number of carbonyl (C=O) groups is 2. The number of fused-ring (bicyclic) bond motifs is 5. The topological polar surface area (TPSA) is 125 Å². The molecule has 2 aliphatic heterocycles. The quantitative estimate of drug-likeness (QED) is 0.0989. The molecule has 0 radical (unpaired) electrons. The number of aryl methyl sites for hydroxylation is 2. The third-order valence-corrected chi connectivity index (χ3v) is 10.3. The molecule has 3 aromatic carbocycles. The molecule has 1 saturated carbocycles. The van der Waals surface area contributed by atoms with E-state index in [2.05, 4.69) is 10.6 Å². The molecular weight excluding hydrogens is 679 g/mol. The Morgan fingerprint density at radius 3 is 2.55 bits per heavy atom. The zero-order valence-electron chi connectivity index (χ0n) is 30.8. The van der Waals surface area contributed by atoms with E-state index in [0.717, 1.165) is 22.9 Å². The van der Waals surface area contributed by atoms with E-state index < -0.39 is 11.4 Å². The van der Waals surface area contributed by atoms with Gasteiger partial charge in [-0.05, 0) is 86.2 Å². The van der Waals surface area contributed by atoms with Gasteiger partial charge in [-0.2, -0.15) is 5.26 Å². The maximum atomic E-state index is 17.6. The van der Waals surface area contributed by atoms with Crippen LogP contribution in [0.25, 0.3) is 43.7 Å². The normalized spacial score (nSPS) is 17.9. The summed E-state index contributed by atoms with van der Waals surface area (Å²) >= 11 is 0. The molecule has 0 unspecified atom stereocenters. The van der Waals surface area contributed by atoms with E-state index in [4.69, 9.17) is 28.7 Å². The minimum atomic E-state index is -0.656. The summed E-state index contributed by atoms with van der Waals surface area (Å²) in [6.07, 6.45) is 1.32. The van der Waals surface area contributed by atoms with Gasteiger partial charge in [0.05, 0.1) is 49.7 Å². The van der Waals surface area contributed by atoms with Crippen molar-refractivity contribution in [1.82, 2.24) is 14.5 Å². The molecule has 4 heterocycles. The lowest BCUT2D eigenvalue weighted by molar-refractivity contribution is -0.140. The molecule has 1 aliphatic carbocycles. The van der Waals surface area contributed by atoms with Gasteiger partial charge in [0.15, 0.2) is 12.6 Å². The van der Waals surface area contributed by atoms with Crippen LogP contribution in [0.2, 0.25) is 0 Å². The number of esters is 1. The first kappa shape index (κ1) is 36.0. The number of carbonyl (C=O) groups excluding carboxylic acids is 2. The number of amides is 1. The van der Waals surface area contributed by atoms with E-state index in [1.165, 1.54) is 21.3 Å². The van der Waals surface area contributed by atoms with Crippen molar-refractivity contribution >= 4 is 44.6 Å². The van der Waals surface area contributed by atoms with Gasteiger partial charge < -0.3 is 33.2 Å². The second-order valence-electron chi connectivity index (χ2n) is 14.7. The summed E-state index contributed by atoms with van der Waals surface area (Å²) in [5.41, 5.74) is 2.52. The largest absolute Gasteiger partial charge is 0.480 e. The maximum absolute atomic E-state index is 17.6. The van der Waals surface area contributed by atoms with Gasteiger partial charge in [0.2, 0.25) is 5.88 Å². The average Bonchev–Trinajstić information content (AvgIpc) is 3.84. The van der Waals surface area contributed by atoms with E-state index in [-0.39, 0.29) is 67.5 Å². The molecule has 1 amide bonds. The Morgan fingerprint density at radius 1 is 1.04 bits per heavy atom. The molecule has 3 atom stereocenters. The molecule has 11 nitrogen and oxygen atoms in total. The number of hydrogen-bond acceptors (Lipinski definition) is 9. The van der Waals surface area contributed by atoms with Gasteiger partial charge in [0.25, 0.3) is 0 Å². The number of aromatic nitrogens is 2. The van der Waals surface area contributed by atoms with Crippen molar-refractivity contribution < 1.29 is 37.7 Å². The fourth-order valence-corrected chi connectivity index (χ4v) is 8.06. The molecule has 2 saturated heterocycles. The molecule has 5 aromatic rings. The number of ether oxygens (including phenoxy) is 5. The Hall–Kier alpha value is -5.41. The van der Waals surface area contributed by atoms with Crippen LogP contribution in [0.5, 0.6) is 11.6 Å². The Kier molecular flexibility index (Phi) is 9.63. The SMILES string of the molecule is COCOc1cc(-c2c(CCC#N)cc3c(nc(OC)c4cc(CCC(=O)OC)n([C@H]5[C@@H]6C[C@H]5N(C(=O)OC(C)(C)C)C6)c43)c2F)c2ccccc2c1. The first-order valence-electron chi connectivity index (χ1n) is 17.8. The van der Waals surface area contributed by atoms with E-state index in [0.29, 0.717) is 51.7 Å². The highest BCUT2D eigenvalue weighted by Crippen LogP contribution is 2.53. The Morgan fingerprint density at radius 2 is 1.83 bits per heavy atom. The van der Waals surface area contributed by atoms with Crippen LogP contribution in [0.15, 0.2) is 48.5 Å². The van der Waals surface area contributed by atoms with Gasteiger partial charge in [0.1, 0.15) is 16.9 Å². The maximum Gasteiger partial charge on any atom is 0.410 e. The Balaban J connectivity index is 1.49. The third kappa shape index (κ3) is 6.48. The monoisotopic (exact) mass is 722 g/mol. The van der Waals surface area contributed by atoms with Crippen molar-refractivity contribution in [2.45, 2.75) is 70.6 Å². The van der Waals surface area contributed by atoms with E-state index in [9.17, 15) is 14.9 Å². The van der Waals surface area contributed by atoms with Crippen LogP contribution in [-0.4, -0.2) is 72.8 Å². The second-order valence-corrected chi connectivity index (χ2v) is 14.7. The van der Waals surface area contributed by atoms with Crippen LogP contribution in [0.1, 0.15) is 57.3 Å². The zero-order valence-corrected chi connectivity index (χ0v) is 30.8. The highest BCUT2D eigenvalue weighted by atomic mass is 19.1. The molecule has 2 aromatic heterocycles. The van der Waals surface area contributed by atoms with Gasteiger partial charge in [-0.15, -0.1) is 0 Å². The van der Waals surface area contributed by atoms with Gasteiger partial charge in [0, 0.05) is 42.6 Å². The van der Waals surface area contributed by atoms with Crippen LogP contribution < -0.4 is 9.47 Å². The highest BCUT2D eigenvalue weighted by Gasteiger charge is 2.56. The summed E-state index contributed by atoms with van der Waals surface area (Å²) in [5.74, 6) is -0.0653. The van der Waals surface area contributed by atoms with Crippen LogP contribution in [-0.2, 0) is 31.8 Å². The first-order chi connectivity index (χ1) is 25.5. The zero-order chi connectivity index (χ0) is 37.6. The lowest BCUT2D eigenvalue weighted by Crippen LogP contribution is -2.44. The molecule has 0 spiro atoms. The summed E-state index contributed by atoms with van der Waals surface area (Å²) in [4.78, 5) is 32.4. The number of methoxy groups -OCH3 is 3. The van der Waals surface area contributed by atoms with Crippen molar-refractivity contribution in [2.24, 2.45) is 5.92 Å². The lowest BCUT2D eigenvalue weighted by atomic mass is 9.79. The lowest BCUT2D eigenvalue weighted by Gasteiger charge is -2.39. The summed E-state index contributed by atoms with van der Waals surface area (Å²) < 4.78 is 47.4. The fraction of sp³-hybridized carbons (Fsp3) is 0.415. The van der Waals surface area contributed by atoms with Crippen LogP contribution in [0, 0.1) is 23.1 Å². The van der Waals surface area contributed by atoms with Crippen molar-refractivity contribution in [3.63, 3.8) is 0 Å². The highest BCUT2D eigenvalue weighted by molar-refractivity contribution is 6.10. The number of benzene rings is 3. The third-order valence-electron chi connectivity index (χ3n) is 10.3. The number of hydrogen-bond donors (Lipinski definition) is 0. The number of nitriles is 1. The van der Waals surface area contributed by atoms with Crippen molar-refractivity contribution in [3.8, 4) is 28.8 Å². The summed E-state index contributed by atoms with van der Waals surface area (Å²) in [6, 6.07) is 17.1. The molecule has 3 fully saturated rings. The van der Waals surface area contributed by atoms with Gasteiger partial charge in [-0.1, -0.05) is 24.3 Å². The fourth-order valence-electron chi connectivity index (χ4n) is 8.06. The Labute approximate surface area is 307 Å². The van der Waals surface area contributed by atoms with Gasteiger partial charge in [-0.25, -0.2) is 14.2 Å². The summed E-state index contributed by atoms with van der Waals surface area (Å²) in [7, 11) is 4.39. The minimum absolute atomic E-state index is 0.0137. The first-order valence-corrected chi connectivity index (χ1v) is 17.8. The molecule has 8 rings (SSSR count).